The lowest BCUT2D eigenvalue weighted by Crippen LogP contribution is -2.17. The van der Waals surface area contributed by atoms with Crippen molar-refractivity contribution in [2.45, 2.75) is 53.4 Å². The number of esters is 4. The van der Waals surface area contributed by atoms with Crippen molar-refractivity contribution in [2.24, 2.45) is 0 Å². The summed E-state index contributed by atoms with van der Waals surface area (Å²) < 4.78 is 21.4. The van der Waals surface area contributed by atoms with Crippen LogP contribution in [-0.2, 0) is 38.1 Å². The van der Waals surface area contributed by atoms with Crippen molar-refractivity contribution in [2.75, 3.05) is 31.3 Å². The second-order valence-corrected chi connectivity index (χ2v) is 13.0. The number of Topliss-reactive ketones (excluding diaryl/α,β-unsaturated/α-hetero) is 4. The summed E-state index contributed by atoms with van der Waals surface area (Å²) in [6.07, 6.45) is 0.715. The number of hydrogen-bond donors (Lipinski definition) is 0. The zero-order chi connectivity index (χ0) is 43.8. The van der Waals surface area contributed by atoms with Gasteiger partial charge >= 0.3 is 23.9 Å². The molecule has 0 fully saturated rings. The van der Waals surface area contributed by atoms with E-state index in [1.165, 1.54) is 42.5 Å². The summed E-state index contributed by atoms with van der Waals surface area (Å²) in [7, 11) is 0. The van der Waals surface area contributed by atoms with E-state index < -0.39 is 37.1 Å². The van der Waals surface area contributed by atoms with Crippen LogP contribution in [-0.4, -0.2) is 73.4 Å². The molecule has 13 heteroatoms. The van der Waals surface area contributed by atoms with Gasteiger partial charge < -0.3 is 23.8 Å². The summed E-state index contributed by atoms with van der Waals surface area (Å²) in [6.45, 7) is 19.9. The first-order valence-electron chi connectivity index (χ1n) is 18.7. The summed E-state index contributed by atoms with van der Waals surface area (Å²) in [5.74, 6) is -4.34. The molecule has 0 bridgehead atoms. The van der Waals surface area contributed by atoms with Crippen molar-refractivity contribution < 1.29 is 57.3 Å². The predicted octanol–water partition coefficient (Wildman–Crippen LogP) is 7.92. The van der Waals surface area contributed by atoms with Gasteiger partial charge in [0.25, 0.3) is 0 Å². The standard InChI is InChI=1S/C46H47NO12/c1-9-39(48)28(5)24-56-43(52)32-13-17-36(18-14-32)47(37-19-15-33(16-20-37)44(53)57-25-29(6)40(49)10-2)38-22-34(45(54)58-26-30(7)41(50)11-3)21-35(23-38)46(55)59-27-31(8)42(51)12-4/h13-23H,5-12,24-27H2,1-4H3. The van der Waals surface area contributed by atoms with Gasteiger partial charge in [0.05, 0.1) is 22.3 Å². The Labute approximate surface area is 343 Å². The van der Waals surface area contributed by atoms with Gasteiger partial charge in [-0.2, -0.15) is 0 Å². The van der Waals surface area contributed by atoms with Crippen LogP contribution in [0, 0.1) is 0 Å². The highest BCUT2D eigenvalue weighted by Gasteiger charge is 2.23. The molecule has 0 unspecified atom stereocenters. The number of carbonyl (C=O) groups is 8. The van der Waals surface area contributed by atoms with E-state index in [0.29, 0.717) is 11.4 Å². The van der Waals surface area contributed by atoms with Crippen LogP contribution >= 0.6 is 0 Å². The molecule has 0 spiro atoms. The Balaban J connectivity index is 2.14. The highest BCUT2D eigenvalue weighted by atomic mass is 16.5. The van der Waals surface area contributed by atoms with Crippen LogP contribution in [0.4, 0.5) is 17.1 Å². The number of benzene rings is 3. The van der Waals surface area contributed by atoms with E-state index in [0.717, 1.165) is 0 Å². The molecule has 59 heavy (non-hydrogen) atoms. The lowest BCUT2D eigenvalue weighted by molar-refractivity contribution is -0.116. The van der Waals surface area contributed by atoms with Gasteiger partial charge in [0, 0.05) is 65.0 Å². The monoisotopic (exact) mass is 805 g/mol. The Bertz CT molecular complexity index is 2030. The van der Waals surface area contributed by atoms with Gasteiger partial charge in [0.1, 0.15) is 26.4 Å². The summed E-state index contributed by atoms with van der Waals surface area (Å²) in [6, 6.07) is 16.2. The largest absolute Gasteiger partial charge is 0.457 e. The summed E-state index contributed by atoms with van der Waals surface area (Å²) in [4.78, 5) is 102. The minimum absolute atomic E-state index is 0.0668. The number of carbonyl (C=O) groups excluding carboxylic acids is 8. The number of hydrogen-bond acceptors (Lipinski definition) is 13. The topological polar surface area (TPSA) is 177 Å². The number of rotatable bonds is 23. The van der Waals surface area contributed by atoms with Crippen LogP contribution in [0.2, 0.25) is 0 Å². The Kier molecular flexibility index (Phi) is 17.3. The van der Waals surface area contributed by atoms with Crippen molar-refractivity contribution in [1.82, 2.24) is 0 Å². The van der Waals surface area contributed by atoms with Crippen molar-refractivity contribution in [3.8, 4) is 0 Å². The molecule has 3 rings (SSSR count). The maximum absolute atomic E-state index is 13.5. The van der Waals surface area contributed by atoms with Crippen LogP contribution in [0.3, 0.4) is 0 Å². The predicted molar refractivity (Wildman–Crippen MR) is 220 cm³/mol. The first-order chi connectivity index (χ1) is 28.0. The van der Waals surface area contributed by atoms with E-state index in [4.69, 9.17) is 18.9 Å². The van der Waals surface area contributed by atoms with Gasteiger partial charge in [-0.15, -0.1) is 0 Å². The second-order valence-electron chi connectivity index (χ2n) is 13.0. The Morgan fingerprint density at radius 2 is 0.644 bits per heavy atom. The lowest BCUT2D eigenvalue weighted by atomic mass is 10.1. The van der Waals surface area contributed by atoms with Crippen LogP contribution in [0.25, 0.3) is 0 Å². The van der Waals surface area contributed by atoms with Gasteiger partial charge in [0.15, 0.2) is 23.1 Å². The maximum Gasteiger partial charge on any atom is 0.338 e. The highest BCUT2D eigenvalue weighted by Crippen LogP contribution is 2.36. The van der Waals surface area contributed by atoms with Crippen LogP contribution in [0.1, 0.15) is 94.8 Å². The average molecular weight is 806 g/mol. The zero-order valence-corrected chi connectivity index (χ0v) is 33.7. The summed E-state index contributed by atoms with van der Waals surface area (Å²) in [5.41, 5.74) is 1.44. The molecule has 0 aliphatic heterocycles. The number of anilines is 3. The normalized spacial score (nSPS) is 10.4. The lowest BCUT2D eigenvalue weighted by Gasteiger charge is -2.26. The SMILES string of the molecule is C=C(COC(=O)c1ccc(N(c2ccc(C(=O)OCC(=C)C(=O)CC)cc2)c2cc(C(=O)OCC(=C)C(=O)CC)cc(C(=O)OCC(=C)C(=O)CC)c2)cc1)C(=O)CC. The number of nitrogens with zero attached hydrogens (tertiary/aromatic N) is 1. The van der Waals surface area contributed by atoms with Gasteiger partial charge in [-0.25, -0.2) is 19.2 Å². The Morgan fingerprint density at radius 1 is 0.390 bits per heavy atom. The van der Waals surface area contributed by atoms with Crippen LogP contribution < -0.4 is 4.90 Å². The van der Waals surface area contributed by atoms with Crippen molar-refractivity contribution >= 4 is 64.1 Å². The molecule has 0 N–H and O–H groups in total. The van der Waals surface area contributed by atoms with E-state index in [-0.39, 0.29) is 112 Å². The number of ether oxygens (including phenoxy) is 4. The molecule has 0 saturated carbocycles. The molecular weight excluding hydrogens is 759 g/mol. The van der Waals surface area contributed by atoms with Crippen molar-refractivity contribution in [3.63, 3.8) is 0 Å². The Hall–Kier alpha value is -7.02. The fourth-order valence-corrected chi connectivity index (χ4v) is 5.18. The zero-order valence-electron chi connectivity index (χ0n) is 33.7. The van der Waals surface area contributed by atoms with Crippen molar-refractivity contribution in [3.05, 3.63) is 138 Å². The average Bonchev–Trinajstić information content (AvgIpc) is 3.26. The minimum atomic E-state index is -0.904. The summed E-state index contributed by atoms with van der Waals surface area (Å²) in [5, 5.41) is 0. The molecule has 0 aromatic heterocycles. The van der Waals surface area contributed by atoms with Crippen molar-refractivity contribution in [1.29, 1.82) is 0 Å². The smallest absolute Gasteiger partial charge is 0.338 e. The van der Waals surface area contributed by atoms with E-state index in [1.54, 1.807) is 56.9 Å². The molecule has 0 aliphatic carbocycles. The molecule has 0 atom stereocenters. The molecule has 0 saturated heterocycles. The quantitative estimate of drug-likeness (QED) is 0.0513. The number of ketones is 4. The molecule has 0 aliphatic rings. The molecule has 308 valence electrons. The van der Waals surface area contributed by atoms with E-state index in [2.05, 4.69) is 26.3 Å². The first kappa shape index (κ1) is 46.4. The van der Waals surface area contributed by atoms with Gasteiger partial charge in [-0.3, -0.25) is 19.2 Å². The van der Waals surface area contributed by atoms with Crippen LogP contribution in [0.5, 0.6) is 0 Å². The maximum atomic E-state index is 13.5. The van der Waals surface area contributed by atoms with E-state index >= 15 is 0 Å². The van der Waals surface area contributed by atoms with E-state index in [9.17, 15) is 38.4 Å². The molecular formula is C46H47NO12. The molecule has 3 aromatic rings. The minimum Gasteiger partial charge on any atom is -0.457 e. The fraction of sp³-hybridized carbons (Fsp3) is 0.261. The molecule has 13 nitrogen and oxygen atoms in total. The fourth-order valence-electron chi connectivity index (χ4n) is 5.18. The molecule has 3 aromatic carbocycles. The molecule has 0 heterocycles. The Morgan fingerprint density at radius 3 is 0.898 bits per heavy atom. The third-order valence-electron chi connectivity index (χ3n) is 8.74. The van der Waals surface area contributed by atoms with Gasteiger partial charge in [0.2, 0.25) is 0 Å². The van der Waals surface area contributed by atoms with Gasteiger partial charge in [-0.1, -0.05) is 54.0 Å². The van der Waals surface area contributed by atoms with Crippen LogP contribution in [0.15, 0.2) is 115 Å². The summed E-state index contributed by atoms with van der Waals surface area (Å²) >= 11 is 0. The third-order valence-corrected chi connectivity index (χ3v) is 8.74. The highest BCUT2D eigenvalue weighted by molar-refractivity contribution is 6.01. The second kappa shape index (κ2) is 22.1. The van der Waals surface area contributed by atoms with E-state index in [1.807, 2.05) is 0 Å². The van der Waals surface area contributed by atoms with Gasteiger partial charge in [-0.05, 0) is 66.7 Å². The third kappa shape index (κ3) is 13.0. The first-order valence-corrected chi connectivity index (χ1v) is 18.7. The molecule has 0 amide bonds. The molecule has 0 radical (unpaired) electrons.